The van der Waals surface area contributed by atoms with Crippen LogP contribution in [0.15, 0.2) is 18.2 Å². The van der Waals surface area contributed by atoms with Crippen molar-refractivity contribution in [1.29, 1.82) is 0 Å². The molecular weight excluding hydrogens is 301 g/mol. The number of benzene rings is 1. The molecule has 0 saturated heterocycles. The molecule has 1 aromatic rings. The lowest BCUT2D eigenvalue weighted by atomic mass is 10.3. The molecule has 0 bridgehead atoms. The first kappa shape index (κ1) is 16.4. The second kappa shape index (κ2) is 7.35. The number of carbonyl (C=O) groups is 1. The van der Waals surface area contributed by atoms with E-state index in [4.69, 9.17) is 9.84 Å². The molecule has 8 heteroatoms. The van der Waals surface area contributed by atoms with E-state index in [-0.39, 0.29) is 30.6 Å². The molecular formula is C14H17F3N2O3. The van der Waals surface area contributed by atoms with E-state index < -0.39 is 24.9 Å². The number of urea groups is 1. The van der Waals surface area contributed by atoms with Crippen LogP contribution in [-0.4, -0.2) is 48.3 Å². The highest BCUT2D eigenvalue weighted by Crippen LogP contribution is 2.29. The zero-order valence-corrected chi connectivity index (χ0v) is 11.8. The monoisotopic (exact) mass is 318 g/mol. The second-order valence-corrected chi connectivity index (χ2v) is 4.92. The van der Waals surface area contributed by atoms with Gasteiger partial charge in [0.05, 0.1) is 12.3 Å². The highest BCUT2D eigenvalue weighted by molar-refractivity contribution is 5.91. The van der Waals surface area contributed by atoms with Crippen molar-refractivity contribution in [3.63, 3.8) is 0 Å². The SMILES string of the molecule is O=C(Nc1ccc(F)cc1OCC(F)F)N(CCO)C1CC1. The van der Waals surface area contributed by atoms with Gasteiger partial charge >= 0.3 is 6.03 Å². The van der Waals surface area contributed by atoms with E-state index in [1.807, 2.05) is 0 Å². The zero-order chi connectivity index (χ0) is 16.1. The first-order valence-corrected chi connectivity index (χ1v) is 6.90. The molecule has 2 amide bonds. The highest BCUT2D eigenvalue weighted by atomic mass is 19.3. The zero-order valence-electron chi connectivity index (χ0n) is 11.8. The van der Waals surface area contributed by atoms with Gasteiger partial charge in [-0.15, -0.1) is 0 Å². The van der Waals surface area contributed by atoms with Gasteiger partial charge in [-0.3, -0.25) is 0 Å². The van der Waals surface area contributed by atoms with Gasteiger partial charge in [-0.25, -0.2) is 18.0 Å². The van der Waals surface area contributed by atoms with Gasteiger partial charge in [0.2, 0.25) is 0 Å². The Hall–Kier alpha value is -1.96. The molecule has 22 heavy (non-hydrogen) atoms. The summed E-state index contributed by atoms with van der Waals surface area (Å²) in [6, 6.07) is 2.87. The second-order valence-electron chi connectivity index (χ2n) is 4.92. The first-order valence-electron chi connectivity index (χ1n) is 6.90. The minimum absolute atomic E-state index is 0.0676. The smallest absolute Gasteiger partial charge is 0.322 e. The number of halogens is 3. The molecule has 1 saturated carbocycles. The lowest BCUT2D eigenvalue weighted by Crippen LogP contribution is -2.38. The van der Waals surface area contributed by atoms with Crippen molar-refractivity contribution in [1.82, 2.24) is 4.90 Å². The number of hydrogen-bond acceptors (Lipinski definition) is 3. The van der Waals surface area contributed by atoms with Crippen molar-refractivity contribution >= 4 is 11.7 Å². The molecule has 0 aliphatic heterocycles. The lowest BCUT2D eigenvalue weighted by Gasteiger charge is -2.22. The number of amides is 2. The van der Waals surface area contributed by atoms with Crippen LogP contribution >= 0.6 is 0 Å². The topological polar surface area (TPSA) is 61.8 Å². The van der Waals surface area contributed by atoms with Gasteiger partial charge in [0, 0.05) is 18.7 Å². The molecule has 0 atom stereocenters. The maximum atomic E-state index is 13.2. The molecule has 1 aliphatic carbocycles. The summed E-state index contributed by atoms with van der Waals surface area (Å²) in [5.41, 5.74) is 0.107. The molecule has 0 spiro atoms. The van der Waals surface area contributed by atoms with E-state index >= 15 is 0 Å². The minimum atomic E-state index is -2.70. The predicted octanol–water partition coefficient (Wildman–Crippen LogP) is 2.46. The number of nitrogens with one attached hydrogen (secondary N) is 1. The number of aliphatic hydroxyl groups is 1. The van der Waals surface area contributed by atoms with Crippen LogP contribution in [-0.2, 0) is 0 Å². The molecule has 2 N–H and O–H groups in total. The molecule has 2 rings (SSSR count). The van der Waals surface area contributed by atoms with Crippen molar-refractivity contribution in [2.24, 2.45) is 0 Å². The number of aliphatic hydroxyl groups excluding tert-OH is 1. The van der Waals surface area contributed by atoms with Gasteiger partial charge in [0.15, 0.2) is 0 Å². The summed E-state index contributed by atoms with van der Waals surface area (Å²) in [6.07, 6.45) is -0.999. The lowest BCUT2D eigenvalue weighted by molar-refractivity contribution is 0.0821. The number of alkyl halides is 2. The van der Waals surface area contributed by atoms with Gasteiger partial charge in [-0.2, -0.15) is 0 Å². The maximum Gasteiger partial charge on any atom is 0.322 e. The molecule has 0 aromatic heterocycles. The van der Waals surface area contributed by atoms with Crippen LogP contribution in [0.2, 0.25) is 0 Å². The third-order valence-electron chi connectivity index (χ3n) is 3.14. The van der Waals surface area contributed by atoms with Crippen LogP contribution in [0.25, 0.3) is 0 Å². The van der Waals surface area contributed by atoms with Crippen molar-refractivity contribution < 1.29 is 27.8 Å². The van der Waals surface area contributed by atoms with E-state index in [0.717, 1.165) is 25.0 Å². The van der Waals surface area contributed by atoms with Gasteiger partial charge in [0.1, 0.15) is 18.2 Å². The molecule has 1 aliphatic rings. The molecule has 1 aromatic carbocycles. The van der Waals surface area contributed by atoms with E-state index in [2.05, 4.69) is 5.32 Å². The fourth-order valence-corrected chi connectivity index (χ4v) is 2.00. The Kier molecular flexibility index (Phi) is 5.48. The number of rotatable bonds is 7. The summed E-state index contributed by atoms with van der Waals surface area (Å²) in [5.74, 6) is -0.815. The van der Waals surface area contributed by atoms with Gasteiger partial charge in [0.25, 0.3) is 6.43 Å². The molecule has 5 nitrogen and oxygen atoms in total. The molecule has 0 radical (unpaired) electrons. The van der Waals surface area contributed by atoms with E-state index in [1.165, 1.54) is 11.0 Å². The quantitative estimate of drug-likeness (QED) is 0.812. The third kappa shape index (κ3) is 4.52. The van der Waals surface area contributed by atoms with Crippen LogP contribution in [0.1, 0.15) is 12.8 Å². The van der Waals surface area contributed by atoms with Crippen LogP contribution in [0.3, 0.4) is 0 Å². The number of hydrogen-bond donors (Lipinski definition) is 2. The Morgan fingerprint density at radius 1 is 1.45 bits per heavy atom. The van der Waals surface area contributed by atoms with Gasteiger partial charge < -0.3 is 20.1 Å². The minimum Gasteiger partial charge on any atom is -0.485 e. The third-order valence-corrected chi connectivity index (χ3v) is 3.14. The standard InChI is InChI=1S/C14H17F3N2O3/c15-9-1-4-11(12(7-9)22-8-13(16)17)18-14(21)19(5-6-20)10-2-3-10/h1,4,7,10,13,20H,2-3,5-6,8H2,(H,18,21). The molecule has 1 fully saturated rings. The average molecular weight is 318 g/mol. The maximum absolute atomic E-state index is 13.2. The summed E-state index contributed by atoms with van der Waals surface area (Å²) < 4.78 is 42.5. The number of ether oxygens (including phenoxy) is 1. The van der Waals surface area contributed by atoms with Crippen LogP contribution < -0.4 is 10.1 Å². The summed E-state index contributed by atoms with van der Waals surface area (Å²) in [5, 5.41) is 11.5. The summed E-state index contributed by atoms with van der Waals surface area (Å²) in [6.45, 7) is -0.900. The average Bonchev–Trinajstić information content (AvgIpc) is 3.29. The summed E-state index contributed by atoms with van der Waals surface area (Å²) in [4.78, 5) is 13.6. The number of anilines is 1. The van der Waals surface area contributed by atoms with Crippen molar-refractivity contribution in [3.8, 4) is 5.75 Å². The Morgan fingerprint density at radius 2 is 2.18 bits per heavy atom. The largest absolute Gasteiger partial charge is 0.485 e. The summed E-state index contributed by atoms with van der Waals surface area (Å²) in [7, 11) is 0. The van der Waals surface area contributed by atoms with Crippen LogP contribution in [0, 0.1) is 5.82 Å². The summed E-state index contributed by atoms with van der Waals surface area (Å²) >= 11 is 0. The van der Waals surface area contributed by atoms with E-state index in [0.29, 0.717) is 0 Å². The first-order chi connectivity index (χ1) is 10.5. The Labute approximate surface area is 125 Å². The van der Waals surface area contributed by atoms with E-state index in [9.17, 15) is 18.0 Å². The molecule has 122 valence electrons. The Bertz CT molecular complexity index is 524. The van der Waals surface area contributed by atoms with Gasteiger partial charge in [-0.05, 0) is 25.0 Å². The Balaban J connectivity index is 2.08. The van der Waals surface area contributed by atoms with Crippen LogP contribution in [0.5, 0.6) is 5.75 Å². The van der Waals surface area contributed by atoms with Crippen molar-refractivity contribution in [2.45, 2.75) is 25.3 Å². The van der Waals surface area contributed by atoms with E-state index in [1.54, 1.807) is 0 Å². The normalized spacial score (nSPS) is 14.0. The number of nitrogens with zero attached hydrogens (tertiary/aromatic N) is 1. The molecule has 0 heterocycles. The predicted molar refractivity (Wildman–Crippen MR) is 73.7 cm³/mol. The van der Waals surface area contributed by atoms with Gasteiger partial charge in [-0.1, -0.05) is 0 Å². The number of carbonyl (C=O) groups excluding carboxylic acids is 1. The van der Waals surface area contributed by atoms with Crippen molar-refractivity contribution in [3.05, 3.63) is 24.0 Å². The fourth-order valence-electron chi connectivity index (χ4n) is 2.00. The van der Waals surface area contributed by atoms with Crippen LogP contribution in [0.4, 0.5) is 23.7 Å². The van der Waals surface area contributed by atoms with Crippen molar-refractivity contribution in [2.75, 3.05) is 25.1 Å². The Morgan fingerprint density at radius 3 is 2.77 bits per heavy atom. The fraction of sp³-hybridized carbons (Fsp3) is 0.500. The molecule has 0 unspecified atom stereocenters. The highest BCUT2D eigenvalue weighted by Gasteiger charge is 2.32.